The van der Waals surface area contributed by atoms with Gasteiger partial charge in [-0.05, 0) is 41.5 Å². The van der Waals surface area contributed by atoms with Crippen LogP contribution in [0, 0.1) is 10.8 Å². The van der Waals surface area contributed by atoms with Crippen molar-refractivity contribution in [3.8, 4) is 0 Å². The summed E-state index contributed by atoms with van der Waals surface area (Å²) in [5.74, 6) is -3.38. The molecule has 1 aliphatic heterocycles. The molecule has 3 heterocycles. The second-order valence-corrected chi connectivity index (χ2v) is 12.9. The first kappa shape index (κ1) is 32.6. The minimum absolute atomic E-state index is 0.0367. The molecule has 18 heteroatoms. The van der Waals surface area contributed by atoms with Gasteiger partial charge in [0, 0.05) is 13.5 Å². The minimum Gasteiger partial charge on any atom is -0.437 e. The van der Waals surface area contributed by atoms with E-state index in [0.29, 0.717) is 0 Å². The number of nitrogens with two attached hydrogens (primary N) is 1. The molecule has 0 bridgehead atoms. The first-order chi connectivity index (χ1) is 18.9. The highest BCUT2D eigenvalue weighted by molar-refractivity contribution is 7.48. The van der Waals surface area contributed by atoms with Gasteiger partial charge in [-0.3, -0.25) is 28.5 Å². The number of aromatic amines is 1. The Balaban J connectivity index is 1.76. The lowest BCUT2D eigenvalue weighted by atomic mass is 9.98. The summed E-state index contributed by atoms with van der Waals surface area (Å²) in [6.07, 6.45) is -2.40. The largest absolute Gasteiger partial charge is 0.480 e. The Labute approximate surface area is 234 Å². The number of aromatic nitrogens is 4. The van der Waals surface area contributed by atoms with Crippen molar-refractivity contribution in [3.05, 3.63) is 16.7 Å². The fraction of sp³-hybridized carbons (Fsp3) is 0.696. The van der Waals surface area contributed by atoms with Crippen molar-refractivity contribution in [2.24, 2.45) is 10.8 Å². The molecule has 0 aromatic carbocycles. The average Bonchev–Trinajstić information content (AvgIpc) is 3.42. The Bertz CT molecular complexity index is 1330. The molecule has 16 nitrogen and oxygen atoms in total. The number of nitrogens with zero attached hydrogens (tertiary/aromatic N) is 3. The van der Waals surface area contributed by atoms with Crippen LogP contribution in [-0.2, 0) is 46.7 Å². The number of phosphoric ester groups is 1. The molecule has 3 N–H and O–H groups in total. The van der Waals surface area contributed by atoms with E-state index in [9.17, 15) is 18.9 Å². The van der Waals surface area contributed by atoms with E-state index in [0.717, 1.165) is 10.9 Å². The summed E-state index contributed by atoms with van der Waals surface area (Å²) in [6, 6.07) is 0. The molecule has 0 amide bonds. The molecule has 0 aliphatic carbocycles. The zero-order chi connectivity index (χ0) is 30.8. The highest BCUT2D eigenvalue weighted by Crippen LogP contribution is 2.52. The molecule has 1 fully saturated rings. The number of carbonyl (C=O) groups is 2. The van der Waals surface area contributed by atoms with Crippen LogP contribution in [0.3, 0.4) is 0 Å². The number of imidazole rings is 1. The molecule has 41 heavy (non-hydrogen) atoms. The number of fused-ring (bicyclic) bond motifs is 1. The van der Waals surface area contributed by atoms with Crippen LogP contribution < -0.4 is 11.3 Å². The SMILES string of the molecule is CO[C@@]1(COP(=O)(OCOC(=O)C(C)(C)C)OCOC(=O)C(C)(C)C)C[C@@H](F)[C@H](n2cnc3c(=O)[nH]c(N)nc32)O1. The molecule has 2 aromatic heterocycles. The Morgan fingerprint density at radius 2 is 1.71 bits per heavy atom. The van der Waals surface area contributed by atoms with Crippen LogP contribution in [0.5, 0.6) is 0 Å². The van der Waals surface area contributed by atoms with Crippen molar-refractivity contribution >= 4 is 36.9 Å². The fourth-order valence-electron chi connectivity index (χ4n) is 3.39. The molecule has 3 atom stereocenters. The van der Waals surface area contributed by atoms with Gasteiger partial charge < -0.3 is 24.7 Å². The number of nitrogen functional groups attached to an aromatic ring is 1. The van der Waals surface area contributed by atoms with Crippen LogP contribution in [0.25, 0.3) is 11.2 Å². The average molecular weight is 608 g/mol. The number of methoxy groups -OCH3 is 1. The maximum absolute atomic E-state index is 15.3. The number of halogens is 1. The smallest absolute Gasteiger partial charge is 0.437 e. The van der Waals surface area contributed by atoms with Crippen LogP contribution in [0.2, 0.25) is 0 Å². The summed E-state index contributed by atoms with van der Waals surface area (Å²) in [5, 5.41) is 0. The van der Waals surface area contributed by atoms with E-state index in [1.165, 1.54) is 7.11 Å². The summed E-state index contributed by atoms with van der Waals surface area (Å²) in [4.78, 5) is 46.5. The predicted molar refractivity (Wildman–Crippen MR) is 138 cm³/mol. The quantitative estimate of drug-likeness (QED) is 0.214. The molecule has 3 rings (SSSR count). The lowest BCUT2D eigenvalue weighted by Crippen LogP contribution is -2.36. The first-order valence-electron chi connectivity index (χ1n) is 12.4. The third-order valence-electron chi connectivity index (χ3n) is 5.72. The highest BCUT2D eigenvalue weighted by atomic mass is 31.2. The Morgan fingerprint density at radius 1 is 1.15 bits per heavy atom. The number of H-pyrrole nitrogens is 1. The zero-order valence-electron chi connectivity index (χ0n) is 23.8. The van der Waals surface area contributed by atoms with E-state index in [1.54, 1.807) is 41.5 Å². The molecule has 0 spiro atoms. The van der Waals surface area contributed by atoms with Crippen molar-refractivity contribution in [2.45, 2.75) is 66.1 Å². The summed E-state index contributed by atoms with van der Waals surface area (Å²) in [7, 11) is -3.42. The van der Waals surface area contributed by atoms with Gasteiger partial charge in [-0.2, -0.15) is 4.98 Å². The molecule has 0 saturated carbocycles. The number of hydrogen-bond donors (Lipinski definition) is 2. The molecular formula is C23H35FN5O11P. The predicted octanol–water partition coefficient (Wildman–Crippen LogP) is 2.55. The third kappa shape index (κ3) is 7.87. The number of hydrogen-bond acceptors (Lipinski definition) is 14. The fourth-order valence-corrected chi connectivity index (χ4v) is 4.34. The van der Waals surface area contributed by atoms with Crippen LogP contribution in [-0.4, -0.2) is 70.7 Å². The van der Waals surface area contributed by atoms with Crippen molar-refractivity contribution < 1.29 is 51.1 Å². The van der Waals surface area contributed by atoms with Crippen molar-refractivity contribution in [2.75, 3.05) is 33.0 Å². The number of esters is 2. The van der Waals surface area contributed by atoms with E-state index in [1.807, 2.05) is 0 Å². The van der Waals surface area contributed by atoms with E-state index in [4.69, 9.17) is 38.3 Å². The summed E-state index contributed by atoms with van der Waals surface area (Å²) in [6.45, 7) is 7.21. The molecule has 0 radical (unpaired) electrons. The van der Waals surface area contributed by atoms with Gasteiger partial charge in [-0.1, -0.05) is 0 Å². The number of anilines is 1. The van der Waals surface area contributed by atoms with E-state index in [2.05, 4.69) is 15.0 Å². The zero-order valence-corrected chi connectivity index (χ0v) is 24.7. The van der Waals surface area contributed by atoms with Gasteiger partial charge >= 0.3 is 19.8 Å². The normalized spacial score (nSPS) is 21.8. The van der Waals surface area contributed by atoms with Gasteiger partial charge in [0.2, 0.25) is 19.5 Å². The van der Waals surface area contributed by atoms with Crippen LogP contribution in [0.4, 0.5) is 10.3 Å². The maximum Gasteiger partial charge on any atom is 0.480 e. The number of alkyl halides is 1. The minimum atomic E-state index is -4.63. The number of carbonyl (C=O) groups excluding carboxylic acids is 2. The summed E-state index contributed by atoms with van der Waals surface area (Å²) < 4.78 is 66.6. The van der Waals surface area contributed by atoms with Gasteiger partial charge in [-0.25, -0.2) is 23.0 Å². The van der Waals surface area contributed by atoms with Crippen LogP contribution >= 0.6 is 7.82 Å². The summed E-state index contributed by atoms with van der Waals surface area (Å²) >= 11 is 0. The Morgan fingerprint density at radius 3 is 2.22 bits per heavy atom. The van der Waals surface area contributed by atoms with Gasteiger partial charge in [-0.15, -0.1) is 0 Å². The van der Waals surface area contributed by atoms with E-state index < -0.39 is 81.0 Å². The maximum atomic E-state index is 15.3. The number of phosphoric acid groups is 1. The second kappa shape index (κ2) is 12.1. The molecule has 1 saturated heterocycles. The number of ether oxygens (including phenoxy) is 4. The van der Waals surface area contributed by atoms with Gasteiger partial charge in [0.1, 0.15) is 6.61 Å². The van der Waals surface area contributed by atoms with Crippen LogP contribution in [0.1, 0.15) is 54.2 Å². The molecule has 2 aromatic rings. The topological polar surface area (TPSA) is 205 Å². The van der Waals surface area contributed by atoms with Gasteiger partial charge in [0.15, 0.2) is 29.4 Å². The van der Waals surface area contributed by atoms with E-state index in [-0.39, 0.29) is 17.1 Å². The Hall–Kier alpha value is -2.95. The van der Waals surface area contributed by atoms with E-state index >= 15 is 4.39 Å². The van der Waals surface area contributed by atoms with Gasteiger partial charge in [0.25, 0.3) is 5.56 Å². The molecular weight excluding hydrogens is 572 g/mol. The highest BCUT2D eigenvalue weighted by Gasteiger charge is 2.51. The number of rotatable bonds is 11. The number of nitrogens with one attached hydrogen (secondary N) is 1. The van der Waals surface area contributed by atoms with Crippen LogP contribution in [0.15, 0.2) is 11.1 Å². The molecule has 0 unspecified atom stereocenters. The lowest BCUT2D eigenvalue weighted by molar-refractivity contribution is -0.241. The Kier molecular flexibility index (Phi) is 9.62. The third-order valence-corrected chi connectivity index (χ3v) is 7.01. The molecule has 1 aliphatic rings. The van der Waals surface area contributed by atoms with Crippen molar-refractivity contribution in [3.63, 3.8) is 0 Å². The standard InChI is InChI=1S/C23H35FN5O11P/c1-21(2,3)18(31)35-11-38-41(33,39-12-36-19(32)22(4,5)6)37-9-23(34-7)8-13(24)17(40-23)29-10-26-14-15(29)27-20(25)28-16(14)30/h10,13,17H,8-9,11-12H2,1-7H3,(H3,25,27,28,30)/t13-,17-,23+/m1/s1. The monoisotopic (exact) mass is 607 g/mol. The summed E-state index contributed by atoms with van der Waals surface area (Å²) in [5.41, 5.74) is 3.08. The molecule has 230 valence electrons. The second-order valence-electron chi connectivity index (χ2n) is 11.2. The van der Waals surface area contributed by atoms with Gasteiger partial charge in [0.05, 0.1) is 17.2 Å². The van der Waals surface area contributed by atoms with Crippen molar-refractivity contribution in [1.82, 2.24) is 19.5 Å². The lowest BCUT2D eigenvalue weighted by Gasteiger charge is -2.29. The first-order valence-corrected chi connectivity index (χ1v) is 13.8. The van der Waals surface area contributed by atoms with Crippen molar-refractivity contribution in [1.29, 1.82) is 0 Å².